The Hall–Kier alpha value is -3.82. The normalized spacial score (nSPS) is 10.1. The number of anilines is 1. The fourth-order valence-electron chi connectivity index (χ4n) is 2.63. The average Bonchev–Trinajstić information content (AvgIpc) is 3.22. The number of amides is 1. The van der Waals surface area contributed by atoms with Crippen molar-refractivity contribution in [2.75, 3.05) is 5.32 Å². The van der Waals surface area contributed by atoms with Gasteiger partial charge in [0.25, 0.3) is 0 Å². The van der Waals surface area contributed by atoms with E-state index in [1.165, 1.54) is 11.3 Å². The second kappa shape index (κ2) is 8.91. The Labute approximate surface area is 172 Å². The monoisotopic (exact) mass is 396 g/mol. The lowest BCUT2D eigenvalue weighted by Crippen LogP contribution is -2.14. The van der Waals surface area contributed by atoms with Gasteiger partial charge in [0.2, 0.25) is 5.91 Å². The van der Waals surface area contributed by atoms with Crippen LogP contribution in [-0.2, 0) is 11.2 Å². The van der Waals surface area contributed by atoms with Crippen LogP contribution < -0.4 is 5.32 Å². The molecule has 29 heavy (non-hydrogen) atoms. The third-order valence-corrected chi connectivity index (χ3v) is 4.89. The number of benzene rings is 1. The quantitative estimate of drug-likeness (QED) is 0.526. The summed E-state index contributed by atoms with van der Waals surface area (Å²) in [6.07, 6.45) is 5.40. The second-order valence-corrected chi connectivity index (χ2v) is 7.01. The first-order valence-electron chi connectivity index (χ1n) is 8.94. The molecule has 0 radical (unpaired) electrons. The van der Waals surface area contributed by atoms with Gasteiger partial charge in [-0.15, -0.1) is 11.3 Å². The molecule has 4 rings (SSSR count). The van der Waals surface area contributed by atoms with Gasteiger partial charge in [0.1, 0.15) is 10.7 Å². The summed E-state index contributed by atoms with van der Waals surface area (Å²) in [7, 11) is 0. The Morgan fingerprint density at radius 3 is 2.83 bits per heavy atom. The van der Waals surface area contributed by atoms with Crippen LogP contribution >= 0.6 is 11.3 Å². The number of pyridine rings is 2. The first-order valence-corrected chi connectivity index (χ1v) is 9.82. The molecule has 0 aliphatic heterocycles. The largest absolute Gasteiger partial charge is 0.326 e. The molecule has 0 saturated heterocycles. The Kier molecular flexibility index (Phi) is 5.70. The number of aromatic nitrogens is 3. The molecule has 0 atom stereocenters. The van der Waals surface area contributed by atoms with Crippen LogP contribution in [0.4, 0.5) is 5.69 Å². The van der Waals surface area contributed by atoms with Crippen LogP contribution in [-0.4, -0.2) is 20.9 Å². The van der Waals surface area contributed by atoms with Crippen molar-refractivity contribution in [1.29, 1.82) is 0 Å². The van der Waals surface area contributed by atoms with Crippen molar-refractivity contribution >= 4 is 22.9 Å². The third-order valence-electron chi connectivity index (χ3n) is 3.95. The second-order valence-electron chi connectivity index (χ2n) is 6.16. The minimum absolute atomic E-state index is 0.122. The smallest absolute Gasteiger partial charge is 0.230 e. The van der Waals surface area contributed by atoms with Crippen LogP contribution in [0.15, 0.2) is 78.6 Å². The molecule has 0 bridgehead atoms. The number of hydrogen-bond donors (Lipinski definition) is 1. The summed E-state index contributed by atoms with van der Waals surface area (Å²) < 4.78 is 0. The van der Waals surface area contributed by atoms with Crippen molar-refractivity contribution < 1.29 is 4.79 Å². The van der Waals surface area contributed by atoms with E-state index in [4.69, 9.17) is 0 Å². The molecule has 6 heteroatoms. The Morgan fingerprint density at radius 2 is 2.00 bits per heavy atom. The minimum atomic E-state index is -0.122. The summed E-state index contributed by atoms with van der Waals surface area (Å²) in [6.45, 7) is 0. The van der Waals surface area contributed by atoms with Crippen molar-refractivity contribution in [2.45, 2.75) is 6.42 Å². The summed E-state index contributed by atoms with van der Waals surface area (Å²) in [5, 5.41) is 5.66. The first-order chi connectivity index (χ1) is 14.3. The molecule has 5 nitrogen and oxygen atoms in total. The maximum Gasteiger partial charge on any atom is 0.230 e. The fourth-order valence-corrected chi connectivity index (χ4v) is 3.44. The Bertz CT molecular complexity index is 1180. The zero-order valence-corrected chi connectivity index (χ0v) is 16.2. The van der Waals surface area contributed by atoms with E-state index in [2.05, 4.69) is 32.1 Å². The first kappa shape index (κ1) is 18.5. The summed E-state index contributed by atoms with van der Waals surface area (Å²) in [5.74, 6) is 5.96. The van der Waals surface area contributed by atoms with Gasteiger partial charge in [0, 0.05) is 40.8 Å². The molecule has 140 valence electrons. The molecule has 0 fully saturated rings. The third kappa shape index (κ3) is 5.12. The van der Waals surface area contributed by atoms with Gasteiger partial charge < -0.3 is 5.32 Å². The van der Waals surface area contributed by atoms with E-state index >= 15 is 0 Å². The number of hydrogen-bond acceptors (Lipinski definition) is 5. The number of carbonyl (C=O) groups is 1. The van der Waals surface area contributed by atoms with Crippen molar-refractivity contribution in [1.82, 2.24) is 15.0 Å². The molecular formula is C23H16N4OS. The number of nitrogens with one attached hydrogen (secondary N) is 1. The van der Waals surface area contributed by atoms with Gasteiger partial charge in [-0.2, -0.15) is 0 Å². The molecule has 1 N–H and O–H groups in total. The van der Waals surface area contributed by atoms with E-state index in [1.54, 1.807) is 18.6 Å². The number of nitrogens with zero attached hydrogens (tertiary/aromatic N) is 3. The van der Waals surface area contributed by atoms with Gasteiger partial charge in [0.15, 0.2) is 0 Å². The summed E-state index contributed by atoms with van der Waals surface area (Å²) >= 11 is 1.50. The lowest BCUT2D eigenvalue weighted by Gasteiger charge is -2.04. The van der Waals surface area contributed by atoms with Crippen molar-refractivity contribution in [3.63, 3.8) is 0 Å². The van der Waals surface area contributed by atoms with Gasteiger partial charge in [-0.3, -0.25) is 9.78 Å². The lowest BCUT2D eigenvalue weighted by atomic mass is 10.2. The van der Waals surface area contributed by atoms with E-state index in [-0.39, 0.29) is 12.3 Å². The predicted molar refractivity (Wildman–Crippen MR) is 114 cm³/mol. The zero-order valence-electron chi connectivity index (χ0n) is 15.4. The van der Waals surface area contributed by atoms with Gasteiger partial charge in [-0.25, -0.2) is 9.97 Å². The lowest BCUT2D eigenvalue weighted by molar-refractivity contribution is -0.115. The molecular weight excluding hydrogens is 380 g/mol. The topological polar surface area (TPSA) is 67.8 Å². The number of rotatable bonds is 4. The Balaban J connectivity index is 1.40. The Morgan fingerprint density at radius 1 is 1.03 bits per heavy atom. The van der Waals surface area contributed by atoms with E-state index in [0.29, 0.717) is 11.4 Å². The highest BCUT2D eigenvalue weighted by atomic mass is 32.1. The van der Waals surface area contributed by atoms with Crippen molar-refractivity contribution in [2.24, 2.45) is 0 Å². The van der Waals surface area contributed by atoms with Crippen LogP contribution in [0.5, 0.6) is 0 Å². The van der Waals surface area contributed by atoms with Crippen LogP contribution in [0, 0.1) is 11.8 Å². The average molecular weight is 396 g/mol. The van der Waals surface area contributed by atoms with E-state index < -0.39 is 0 Å². The maximum atomic E-state index is 12.4. The molecule has 0 saturated carbocycles. The van der Waals surface area contributed by atoms with Gasteiger partial charge >= 0.3 is 0 Å². The van der Waals surface area contributed by atoms with Gasteiger partial charge in [-0.05, 0) is 48.4 Å². The summed E-state index contributed by atoms with van der Waals surface area (Å²) in [4.78, 5) is 25.2. The maximum absolute atomic E-state index is 12.4. The zero-order chi connectivity index (χ0) is 19.9. The molecule has 4 aromatic rings. The molecule has 0 aliphatic carbocycles. The van der Waals surface area contributed by atoms with Gasteiger partial charge in [0.05, 0.1) is 12.1 Å². The van der Waals surface area contributed by atoms with Crippen LogP contribution in [0.3, 0.4) is 0 Å². The van der Waals surface area contributed by atoms with Crippen LogP contribution in [0.2, 0.25) is 0 Å². The molecule has 0 spiro atoms. The van der Waals surface area contributed by atoms with Gasteiger partial charge in [-0.1, -0.05) is 18.1 Å². The highest BCUT2D eigenvalue weighted by Gasteiger charge is 2.09. The van der Waals surface area contributed by atoms with Crippen molar-refractivity contribution in [3.05, 3.63) is 95.5 Å². The molecule has 3 heterocycles. The molecule has 3 aromatic heterocycles. The molecule has 0 aliphatic rings. The van der Waals surface area contributed by atoms with Crippen LogP contribution in [0.25, 0.3) is 10.6 Å². The molecule has 1 aromatic carbocycles. The summed E-state index contributed by atoms with van der Waals surface area (Å²) in [6, 6.07) is 16.9. The van der Waals surface area contributed by atoms with Crippen molar-refractivity contribution in [3.8, 4) is 22.4 Å². The highest BCUT2D eigenvalue weighted by molar-refractivity contribution is 7.13. The molecule has 0 unspecified atom stereocenters. The predicted octanol–water partition coefficient (Wildman–Crippen LogP) is 4.18. The van der Waals surface area contributed by atoms with E-state index in [9.17, 15) is 4.79 Å². The van der Waals surface area contributed by atoms with E-state index in [1.807, 2.05) is 60.0 Å². The highest BCUT2D eigenvalue weighted by Crippen LogP contribution is 2.23. The summed E-state index contributed by atoms with van der Waals surface area (Å²) in [5.41, 5.74) is 3.89. The number of carbonyl (C=O) groups excluding carboxylic acids is 1. The number of thiazole rings is 1. The minimum Gasteiger partial charge on any atom is -0.326 e. The van der Waals surface area contributed by atoms with E-state index in [0.717, 1.165) is 21.8 Å². The van der Waals surface area contributed by atoms with Crippen LogP contribution in [0.1, 0.15) is 17.0 Å². The fraction of sp³-hybridized carbons (Fsp3) is 0.0435. The molecule has 1 amide bonds. The standard InChI is InChI=1S/C23H16N4OS/c28-22(14-21-16-29-23(27-21)18-6-4-11-24-15-18)26-20-8-3-5-17(13-20)9-10-19-7-1-2-12-25-19/h1-8,11-13,15-16H,14H2,(H,26,28). The SMILES string of the molecule is O=C(Cc1csc(-c2cccnc2)n1)Nc1cccc(C#Cc2ccccn2)c1.